The maximum atomic E-state index is 12.6. The molecule has 4 N–H and O–H groups in total. The molecule has 168 valence electrons. The predicted molar refractivity (Wildman–Crippen MR) is 120 cm³/mol. The molecule has 2 aliphatic rings. The number of anilines is 2. The molecule has 0 saturated carbocycles. The van der Waals surface area contributed by atoms with Gasteiger partial charge in [0.15, 0.2) is 0 Å². The maximum Gasteiger partial charge on any atom is 0.319 e. The van der Waals surface area contributed by atoms with E-state index in [9.17, 15) is 14.4 Å². The molecule has 0 aliphatic carbocycles. The fourth-order valence-electron chi connectivity index (χ4n) is 3.94. The van der Waals surface area contributed by atoms with Crippen molar-refractivity contribution in [3.8, 4) is 0 Å². The average molecular weight is 458 g/mol. The molecule has 32 heavy (non-hydrogen) atoms. The van der Waals surface area contributed by atoms with Crippen LogP contribution in [-0.4, -0.2) is 47.6 Å². The smallest absolute Gasteiger partial charge is 0.319 e. The third-order valence-corrected chi connectivity index (χ3v) is 5.70. The number of piperidine rings is 1. The minimum atomic E-state index is -0.411. The Morgan fingerprint density at radius 1 is 1.16 bits per heavy atom. The summed E-state index contributed by atoms with van der Waals surface area (Å²) in [6.07, 6.45) is 4.03. The highest BCUT2D eigenvalue weighted by Gasteiger charge is 2.37. The Hall–Kier alpha value is -3.17. The number of urea groups is 1. The number of hydrogen-bond donors (Lipinski definition) is 4. The fourth-order valence-corrected chi connectivity index (χ4v) is 4.05. The van der Waals surface area contributed by atoms with Crippen LogP contribution in [0.5, 0.6) is 0 Å². The predicted octanol–water partition coefficient (Wildman–Crippen LogP) is 2.94. The quantitative estimate of drug-likeness (QED) is 0.550. The van der Waals surface area contributed by atoms with Gasteiger partial charge in [0, 0.05) is 30.5 Å². The number of amides is 4. The van der Waals surface area contributed by atoms with E-state index in [-0.39, 0.29) is 30.0 Å². The zero-order valence-corrected chi connectivity index (χ0v) is 18.0. The van der Waals surface area contributed by atoms with Crippen molar-refractivity contribution in [1.29, 1.82) is 0 Å². The monoisotopic (exact) mass is 457 g/mol. The number of rotatable bonds is 5. The SMILES string of the molecule is O=C1CCC(NC(=O)Nc2cccc(C(=O)Nc3ccc(Cl)cn3)c2)C(C2CCCO2)N1. The van der Waals surface area contributed by atoms with Gasteiger partial charge in [-0.25, -0.2) is 9.78 Å². The van der Waals surface area contributed by atoms with Crippen molar-refractivity contribution in [2.24, 2.45) is 0 Å². The fraction of sp³-hybridized carbons (Fsp3) is 0.364. The summed E-state index contributed by atoms with van der Waals surface area (Å²) in [6, 6.07) is 8.90. The molecule has 0 radical (unpaired) electrons. The number of halogens is 1. The number of carbonyl (C=O) groups is 3. The zero-order chi connectivity index (χ0) is 22.5. The van der Waals surface area contributed by atoms with Gasteiger partial charge in [0.05, 0.1) is 23.2 Å². The third kappa shape index (κ3) is 5.54. The normalized spacial score (nSPS) is 22.7. The second kappa shape index (κ2) is 9.97. The minimum absolute atomic E-state index is 0.0298. The van der Waals surface area contributed by atoms with Crippen molar-refractivity contribution in [2.75, 3.05) is 17.2 Å². The topological polar surface area (TPSA) is 121 Å². The Morgan fingerprint density at radius 2 is 2.03 bits per heavy atom. The molecular weight excluding hydrogens is 434 g/mol. The summed E-state index contributed by atoms with van der Waals surface area (Å²) in [7, 11) is 0. The van der Waals surface area contributed by atoms with Crippen LogP contribution in [0.2, 0.25) is 5.02 Å². The summed E-state index contributed by atoms with van der Waals surface area (Å²) in [5.41, 5.74) is 0.828. The lowest BCUT2D eigenvalue weighted by Gasteiger charge is -2.36. The zero-order valence-electron chi connectivity index (χ0n) is 17.3. The van der Waals surface area contributed by atoms with Gasteiger partial charge in [0.25, 0.3) is 5.91 Å². The molecule has 2 aliphatic heterocycles. The van der Waals surface area contributed by atoms with Crippen molar-refractivity contribution in [1.82, 2.24) is 15.6 Å². The molecule has 1 aromatic heterocycles. The highest BCUT2D eigenvalue weighted by molar-refractivity contribution is 6.30. The first-order chi connectivity index (χ1) is 15.5. The van der Waals surface area contributed by atoms with Crippen molar-refractivity contribution < 1.29 is 19.1 Å². The van der Waals surface area contributed by atoms with Crippen LogP contribution < -0.4 is 21.3 Å². The summed E-state index contributed by atoms with van der Waals surface area (Å²) in [5, 5.41) is 11.8. The Morgan fingerprint density at radius 3 is 2.78 bits per heavy atom. The van der Waals surface area contributed by atoms with Gasteiger partial charge in [0.2, 0.25) is 5.91 Å². The van der Waals surface area contributed by atoms with Crippen LogP contribution in [-0.2, 0) is 9.53 Å². The summed E-state index contributed by atoms with van der Waals surface area (Å²) in [4.78, 5) is 41.0. The Labute approximate surface area is 190 Å². The van der Waals surface area contributed by atoms with Crippen LogP contribution in [0.4, 0.5) is 16.3 Å². The lowest BCUT2D eigenvalue weighted by molar-refractivity contribution is -0.125. The molecule has 0 spiro atoms. The number of pyridine rings is 1. The largest absolute Gasteiger partial charge is 0.376 e. The lowest BCUT2D eigenvalue weighted by atomic mass is 9.92. The lowest BCUT2D eigenvalue weighted by Crippen LogP contribution is -2.60. The first-order valence-corrected chi connectivity index (χ1v) is 10.9. The molecule has 3 atom stereocenters. The number of nitrogens with zero attached hydrogens (tertiary/aromatic N) is 1. The molecule has 4 amide bonds. The van der Waals surface area contributed by atoms with Crippen LogP contribution in [0.3, 0.4) is 0 Å². The van der Waals surface area contributed by atoms with E-state index in [1.807, 2.05) is 0 Å². The van der Waals surface area contributed by atoms with E-state index in [4.69, 9.17) is 16.3 Å². The van der Waals surface area contributed by atoms with Crippen molar-refractivity contribution in [2.45, 2.75) is 43.9 Å². The number of aromatic nitrogens is 1. The van der Waals surface area contributed by atoms with Gasteiger partial charge in [-0.15, -0.1) is 0 Å². The highest BCUT2D eigenvalue weighted by atomic mass is 35.5. The molecule has 3 unspecified atom stereocenters. The average Bonchev–Trinajstić information content (AvgIpc) is 3.31. The second-order valence-electron chi connectivity index (χ2n) is 7.78. The molecule has 4 rings (SSSR count). The molecule has 0 bridgehead atoms. The van der Waals surface area contributed by atoms with Crippen molar-refractivity contribution >= 4 is 41.0 Å². The van der Waals surface area contributed by atoms with Crippen LogP contribution in [0.15, 0.2) is 42.6 Å². The third-order valence-electron chi connectivity index (χ3n) is 5.48. The van der Waals surface area contributed by atoms with Crippen LogP contribution in [0.25, 0.3) is 0 Å². The molecule has 2 fully saturated rings. The van der Waals surface area contributed by atoms with E-state index in [2.05, 4.69) is 26.3 Å². The standard InChI is InChI=1S/C22H24ClN5O4/c23-14-6-8-18(24-12-14)27-21(30)13-3-1-4-15(11-13)25-22(31)26-16-7-9-19(29)28-20(16)17-5-2-10-32-17/h1,3-4,6,8,11-12,16-17,20H,2,5,7,9-10H2,(H,28,29)(H,24,27,30)(H2,25,26,31). The summed E-state index contributed by atoms with van der Waals surface area (Å²) < 4.78 is 5.72. The summed E-state index contributed by atoms with van der Waals surface area (Å²) >= 11 is 5.81. The second-order valence-corrected chi connectivity index (χ2v) is 8.22. The minimum Gasteiger partial charge on any atom is -0.376 e. The van der Waals surface area contributed by atoms with Gasteiger partial charge in [-0.2, -0.15) is 0 Å². The van der Waals surface area contributed by atoms with E-state index in [1.165, 1.54) is 6.20 Å². The Balaban J connectivity index is 1.37. The number of hydrogen-bond acceptors (Lipinski definition) is 5. The van der Waals surface area contributed by atoms with Gasteiger partial charge in [0.1, 0.15) is 5.82 Å². The van der Waals surface area contributed by atoms with Gasteiger partial charge < -0.3 is 26.0 Å². The van der Waals surface area contributed by atoms with E-state index in [1.54, 1.807) is 36.4 Å². The van der Waals surface area contributed by atoms with Gasteiger partial charge in [-0.1, -0.05) is 17.7 Å². The molecule has 9 nitrogen and oxygen atoms in total. The van der Waals surface area contributed by atoms with Crippen LogP contribution in [0, 0.1) is 0 Å². The Bertz CT molecular complexity index is 994. The highest BCUT2D eigenvalue weighted by Crippen LogP contribution is 2.23. The molecular formula is C22H24ClN5O4. The van der Waals surface area contributed by atoms with Gasteiger partial charge in [-0.3, -0.25) is 9.59 Å². The van der Waals surface area contributed by atoms with Crippen LogP contribution >= 0.6 is 11.6 Å². The number of nitrogens with one attached hydrogen (secondary N) is 4. The van der Waals surface area contributed by atoms with E-state index >= 15 is 0 Å². The van der Waals surface area contributed by atoms with Crippen LogP contribution in [0.1, 0.15) is 36.0 Å². The van der Waals surface area contributed by atoms with Crippen molar-refractivity contribution in [3.63, 3.8) is 0 Å². The van der Waals surface area contributed by atoms with E-state index in [0.29, 0.717) is 41.5 Å². The number of benzene rings is 1. The molecule has 3 heterocycles. The summed E-state index contributed by atoms with van der Waals surface area (Å²) in [6.45, 7) is 0.663. The van der Waals surface area contributed by atoms with Gasteiger partial charge >= 0.3 is 6.03 Å². The van der Waals surface area contributed by atoms with E-state index < -0.39 is 6.03 Å². The number of ether oxygens (including phenoxy) is 1. The number of carbonyl (C=O) groups excluding carboxylic acids is 3. The molecule has 10 heteroatoms. The molecule has 2 aromatic rings. The van der Waals surface area contributed by atoms with E-state index in [0.717, 1.165) is 12.8 Å². The van der Waals surface area contributed by atoms with Crippen molar-refractivity contribution in [3.05, 3.63) is 53.2 Å². The summed E-state index contributed by atoms with van der Waals surface area (Å²) in [5.74, 6) is -0.0230. The van der Waals surface area contributed by atoms with Gasteiger partial charge in [-0.05, 0) is 49.6 Å². The molecule has 1 aromatic carbocycles. The molecule has 2 saturated heterocycles. The Kier molecular flexibility index (Phi) is 6.87. The first-order valence-electron chi connectivity index (χ1n) is 10.5. The first kappa shape index (κ1) is 22.0. The maximum absolute atomic E-state index is 12.6.